The number of hydrogen-bond acceptors (Lipinski definition) is 5. The van der Waals surface area contributed by atoms with Crippen LogP contribution in [0.25, 0.3) is 0 Å². The van der Waals surface area contributed by atoms with Gasteiger partial charge in [-0.1, -0.05) is 6.07 Å². The van der Waals surface area contributed by atoms with E-state index in [0.717, 1.165) is 25.1 Å². The van der Waals surface area contributed by atoms with Gasteiger partial charge in [-0.25, -0.2) is 13.1 Å². The summed E-state index contributed by atoms with van der Waals surface area (Å²) in [6.45, 7) is 1.61. The Morgan fingerprint density at radius 1 is 1.48 bits per heavy atom. The summed E-state index contributed by atoms with van der Waals surface area (Å²) < 4.78 is 29.5. The molecular weight excluding hydrogens is 308 g/mol. The molecule has 1 aliphatic rings. The molecule has 8 heteroatoms. The first-order valence-corrected chi connectivity index (χ1v) is 9.20. The number of nitrogens with one attached hydrogen (secondary N) is 1. The van der Waals surface area contributed by atoms with Crippen molar-refractivity contribution in [3.05, 3.63) is 29.9 Å². The molecule has 1 N–H and O–H groups in total. The van der Waals surface area contributed by atoms with Crippen molar-refractivity contribution in [2.75, 3.05) is 18.0 Å². The molecule has 2 aromatic rings. The lowest BCUT2D eigenvalue weighted by Crippen LogP contribution is -2.47. The average molecular weight is 326 g/mol. The molecule has 1 fully saturated rings. The normalized spacial score (nSPS) is 19.9. The van der Waals surface area contributed by atoms with Crippen LogP contribution in [0.3, 0.4) is 0 Å². The number of rotatable bonds is 4. The van der Waals surface area contributed by atoms with E-state index in [2.05, 4.69) is 14.7 Å². The van der Waals surface area contributed by atoms with Crippen molar-refractivity contribution in [2.24, 2.45) is 7.05 Å². The van der Waals surface area contributed by atoms with Crippen molar-refractivity contribution in [1.29, 1.82) is 0 Å². The van der Waals surface area contributed by atoms with Crippen molar-refractivity contribution < 1.29 is 8.42 Å². The number of aryl methyl sites for hydroxylation is 1. The van der Waals surface area contributed by atoms with E-state index >= 15 is 0 Å². The fourth-order valence-electron chi connectivity index (χ4n) is 2.57. The van der Waals surface area contributed by atoms with Gasteiger partial charge in [-0.3, -0.25) is 4.68 Å². The van der Waals surface area contributed by atoms with E-state index in [1.54, 1.807) is 22.2 Å². The molecule has 0 bridgehead atoms. The second-order valence-electron chi connectivity index (χ2n) is 5.21. The Morgan fingerprint density at radius 2 is 2.33 bits per heavy atom. The zero-order valence-electron chi connectivity index (χ0n) is 11.8. The Kier molecular flexibility index (Phi) is 4.01. The van der Waals surface area contributed by atoms with E-state index in [4.69, 9.17) is 0 Å². The van der Waals surface area contributed by atoms with Crippen LogP contribution >= 0.6 is 11.3 Å². The van der Waals surface area contributed by atoms with Gasteiger partial charge in [0.25, 0.3) is 0 Å². The molecule has 3 heterocycles. The minimum atomic E-state index is -3.40. The van der Waals surface area contributed by atoms with Gasteiger partial charge in [-0.15, -0.1) is 11.3 Å². The zero-order valence-corrected chi connectivity index (χ0v) is 13.4. The van der Waals surface area contributed by atoms with Crippen LogP contribution in [0.5, 0.6) is 0 Å². The number of hydrogen-bond donors (Lipinski definition) is 1. The lowest BCUT2D eigenvalue weighted by Gasteiger charge is -2.33. The summed E-state index contributed by atoms with van der Waals surface area (Å²) in [4.78, 5) is 2.18. The van der Waals surface area contributed by atoms with Gasteiger partial charge in [0.2, 0.25) is 10.0 Å². The number of piperidine rings is 1. The molecule has 1 atom stereocenters. The lowest BCUT2D eigenvalue weighted by molar-refractivity contribution is 0.466. The Morgan fingerprint density at radius 3 is 3.00 bits per heavy atom. The molecule has 1 saturated heterocycles. The maximum absolute atomic E-state index is 12.3. The zero-order chi connectivity index (χ0) is 14.9. The summed E-state index contributed by atoms with van der Waals surface area (Å²) in [5.74, 6) is 0. The molecule has 1 aliphatic heterocycles. The average Bonchev–Trinajstić information content (AvgIpc) is 3.09. The first kappa shape index (κ1) is 14.6. The van der Waals surface area contributed by atoms with E-state index in [0.29, 0.717) is 10.8 Å². The molecular formula is C13H18N4O2S2. The van der Waals surface area contributed by atoms with E-state index < -0.39 is 10.0 Å². The molecule has 6 nitrogen and oxygen atoms in total. The van der Waals surface area contributed by atoms with Crippen molar-refractivity contribution >= 4 is 27.0 Å². The Bertz CT molecular complexity index is 694. The van der Waals surface area contributed by atoms with Crippen LogP contribution in [0, 0.1) is 0 Å². The number of anilines is 1. The van der Waals surface area contributed by atoms with E-state index in [1.165, 1.54) is 11.3 Å². The first-order chi connectivity index (χ1) is 10.0. The number of sulfonamides is 1. The highest BCUT2D eigenvalue weighted by atomic mass is 32.2. The molecule has 0 spiro atoms. The summed E-state index contributed by atoms with van der Waals surface area (Å²) in [6, 6.07) is 3.32. The van der Waals surface area contributed by atoms with Crippen molar-refractivity contribution in [1.82, 2.24) is 14.5 Å². The topological polar surface area (TPSA) is 67.2 Å². The summed E-state index contributed by atoms with van der Waals surface area (Å²) in [6.07, 6.45) is 5.60. The van der Waals surface area contributed by atoms with Gasteiger partial charge in [0, 0.05) is 32.4 Å². The molecule has 3 rings (SSSR count). The predicted octanol–water partition coefficient (Wildman–Crippen LogP) is 1.43. The molecule has 0 saturated carbocycles. The van der Waals surface area contributed by atoms with Crippen LogP contribution in [0.4, 0.5) is 5.69 Å². The number of aromatic nitrogens is 2. The molecule has 2 aromatic heterocycles. The summed E-state index contributed by atoms with van der Waals surface area (Å²) in [7, 11) is -1.52. The van der Waals surface area contributed by atoms with Gasteiger partial charge in [0.1, 0.15) is 4.21 Å². The third-order valence-electron chi connectivity index (χ3n) is 3.56. The summed E-state index contributed by atoms with van der Waals surface area (Å²) in [5, 5.41) is 5.95. The monoisotopic (exact) mass is 326 g/mol. The standard InChI is InChI=1S/C13H18N4O2S2/c1-16-10-12(8-14-16)17-6-2-4-11(9-17)15-21(18,19)13-5-3-7-20-13/h3,5,7-8,10-11,15H,2,4,6,9H2,1H3. The van der Waals surface area contributed by atoms with Crippen molar-refractivity contribution in [3.8, 4) is 0 Å². The predicted molar refractivity (Wildman–Crippen MR) is 83.1 cm³/mol. The quantitative estimate of drug-likeness (QED) is 0.923. The van der Waals surface area contributed by atoms with Gasteiger partial charge < -0.3 is 4.90 Å². The molecule has 114 valence electrons. The number of thiophene rings is 1. The fraction of sp³-hybridized carbons (Fsp3) is 0.462. The fourth-order valence-corrected chi connectivity index (χ4v) is 4.84. The smallest absolute Gasteiger partial charge is 0.250 e. The largest absolute Gasteiger partial charge is 0.367 e. The van der Waals surface area contributed by atoms with Gasteiger partial charge in [-0.05, 0) is 24.3 Å². The molecule has 0 aromatic carbocycles. The molecule has 21 heavy (non-hydrogen) atoms. The lowest BCUT2D eigenvalue weighted by atomic mass is 10.1. The molecule has 1 unspecified atom stereocenters. The third-order valence-corrected chi connectivity index (χ3v) is 6.48. The Balaban J connectivity index is 1.69. The summed E-state index contributed by atoms with van der Waals surface area (Å²) >= 11 is 1.24. The van der Waals surface area contributed by atoms with Crippen LogP contribution in [0.2, 0.25) is 0 Å². The van der Waals surface area contributed by atoms with E-state index in [1.807, 2.05) is 19.4 Å². The van der Waals surface area contributed by atoms with Crippen LogP contribution in [0.1, 0.15) is 12.8 Å². The van der Waals surface area contributed by atoms with E-state index in [9.17, 15) is 8.42 Å². The van der Waals surface area contributed by atoms with E-state index in [-0.39, 0.29) is 6.04 Å². The second kappa shape index (κ2) is 5.78. The van der Waals surface area contributed by atoms with Crippen LogP contribution in [-0.2, 0) is 17.1 Å². The molecule has 0 amide bonds. The molecule has 0 radical (unpaired) electrons. The van der Waals surface area contributed by atoms with Gasteiger partial charge in [0.05, 0.1) is 11.9 Å². The maximum atomic E-state index is 12.3. The Hall–Kier alpha value is -1.38. The SMILES string of the molecule is Cn1cc(N2CCCC(NS(=O)(=O)c3cccs3)C2)cn1. The van der Waals surface area contributed by atoms with Gasteiger partial charge in [0.15, 0.2) is 0 Å². The van der Waals surface area contributed by atoms with Crippen LogP contribution in [-0.4, -0.2) is 37.3 Å². The van der Waals surface area contributed by atoms with Gasteiger partial charge in [-0.2, -0.15) is 5.10 Å². The third kappa shape index (κ3) is 3.28. The van der Waals surface area contributed by atoms with Crippen molar-refractivity contribution in [2.45, 2.75) is 23.1 Å². The van der Waals surface area contributed by atoms with Gasteiger partial charge >= 0.3 is 0 Å². The maximum Gasteiger partial charge on any atom is 0.250 e. The highest BCUT2D eigenvalue weighted by molar-refractivity contribution is 7.91. The summed E-state index contributed by atoms with van der Waals surface area (Å²) in [5.41, 5.74) is 1.04. The highest BCUT2D eigenvalue weighted by Gasteiger charge is 2.26. The molecule has 0 aliphatic carbocycles. The van der Waals surface area contributed by atoms with Crippen LogP contribution in [0.15, 0.2) is 34.1 Å². The van der Waals surface area contributed by atoms with Crippen molar-refractivity contribution in [3.63, 3.8) is 0 Å². The van der Waals surface area contributed by atoms with Crippen LogP contribution < -0.4 is 9.62 Å². The first-order valence-electron chi connectivity index (χ1n) is 6.84. The minimum absolute atomic E-state index is 0.0638. The highest BCUT2D eigenvalue weighted by Crippen LogP contribution is 2.21. The number of nitrogens with zero attached hydrogens (tertiary/aromatic N) is 3. The Labute approximate surface area is 128 Å². The minimum Gasteiger partial charge on any atom is -0.367 e. The second-order valence-corrected chi connectivity index (χ2v) is 8.10.